The second kappa shape index (κ2) is 4.04. The van der Waals surface area contributed by atoms with Crippen LogP contribution >= 0.6 is 11.3 Å². The summed E-state index contributed by atoms with van der Waals surface area (Å²) >= 11 is 1.60. The normalized spacial score (nSPS) is 31.5. The summed E-state index contributed by atoms with van der Waals surface area (Å²) in [6.45, 7) is 4.33. The van der Waals surface area contributed by atoms with Crippen LogP contribution in [-0.2, 0) is 14.3 Å². The third-order valence-corrected chi connectivity index (χ3v) is 3.63. The van der Waals surface area contributed by atoms with Crippen molar-refractivity contribution < 1.29 is 14.3 Å². The first kappa shape index (κ1) is 10.8. The summed E-state index contributed by atoms with van der Waals surface area (Å²) in [6, 6.07) is 3.94. The molecule has 0 aromatic carbocycles. The van der Waals surface area contributed by atoms with Gasteiger partial charge in [-0.15, -0.1) is 11.3 Å². The van der Waals surface area contributed by atoms with E-state index in [-0.39, 0.29) is 12.1 Å². The van der Waals surface area contributed by atoms with E-state index < -0.39 is 5.41 Å². The Kier molecular flexibility index (Phi) is 2.91. The molecule has 0 amide bonds. The van der Waals surface area contributed by atoms with Crippen molar-refractivity contribution in [3.63, 3.8) is 0 Å². The van der Waals surface area contributed by atoms with Crippen molar-refractivity contribution >= 4 is 17.1 Å². The van der Waals surface area contributed by atoms with E-state index in [2.05, 4.69) is 0 Å². The highest BCUT2D eigenvalue weighted by molar-refractivity contribution is 7.10. The quantitative estimate of drug-likeness (QED) is 0.776. The molecule has 2 rings (SSSR count). The Labute approximate surface area is 93.0 Å². The molecule has 1 aromatic heterocycles. The van der Waals surface area contributed by atoms with Crippen molar-refractivity contribution in [2.45, 2.75) is 20.1 Å². The zero-order valence-corrected chi connectivity index (χ0v) is 9.67. The number of ether oxygens (including phenoxy) is 2. The van der Waals surface area contributed by atoms with Crippen LogP contribution in [0.1, 0.15) is 25.0 Å². The number of hydrogen-bond acceptors (Lipinski definition) is 4. The van der Waals surface area contributed by atoms with Crippen LogP contribution in [0, 0.1) is 5.41 Å². The molecule has 0 saturated carbocycles. The Morgan fingerprint density at radius 3 is 2.67 bits per heavy atom. The van der Waals surface area contributed by atoms with Crippen molar-refractivity contribution in [3.05, 3.63) is 22.4 Å². The second-order valence-electron chi connectivity index (χ2n) is 4.09. The molecule has 0 aliphatic carbocycles. The van der Waals surface area contributed by atoms with Gasteiger partial charge in [0.15, 0.2) is 6.29 Å². The molecule has 0 N–H and O–H groups in total. The fourth-order valence-corrected chi connectivity index (χ4v) is 2.12. The summed E-state index contributed by atoms with van der Waals surface area (Å²) in [7, 11) is 0. The Balaban J connectivity index is 2.01. The molecular formula is C11H14O3S. The van der Waals surface area contributed by atoms with E-state index in [0.29, 0.717) is 13.2 Å². The van der Waals surface area contributed by atoms with Crippen molar-refractivity contribution in [1.82, 2.24) is 0 Å². The van der Waals surface area contributed by atoms with Crippen molar-refractivity contribution in [3.8, 4) is 0 Å². The molecule has 82 valence electrons. The number of carbonyl (C=O) groups excluding carboxylic acids is 1. The minimum atomic E-state index is -0.478. The van der Waals surface area contributed by atoms with Crippen LogP contribution in [0.3, 0.4) is 0 Å². The third-order valence-electron chi connectivity index (χ3n) is 2.73. The van der Waals surface area contributed by atoms with Crippen molar-refractivity contribution in [1.29, 1.82) is 0 Å². The maximum atomic E-state index is 11.4. The van der Waals surface area contributed by atoms with Gasteiger partial charge in [0, 0.05) is 0 Å². The molecule has 2 heterocycles. The predicted molar refractivity (Wildman–Crippen MR) is 57.8 cm³/mol. The number of hydrogen-bond donors (Lipinski definition) is 0. The van der Waals surface area contributed by atoms with Crippen LogP contribution in [0.4, 0.5) is 0 Å². The topological polar surface area (TPSA) is 35.5 Å². The maximum absolute atomic E-state index is 11.4. The van der Waals surface area contributed by atoms with Crippen LogP contribution in [0.25, 0.3) is 0 Å². The average molecular weight is 226 g/mol. The van der Waals surface area contributed by atoms with Gasteiger partial charge in [0.05, 0.1) is 23.5 Å². The molecule has 1 fully saturated rings. The summed E-state index contributed by atoms with van der Waals surface area (Å²) in [5.41, 5.74) is -0.478. The number of ketones is 1. The minimum absolute atomic E-state index is 0.118. The zero-order chi connectivity index (χ0) is 10.9. The first-order valence-electron chi connectivity index (χ1n) is 4.89. The fraction of sp³-hybridized carbons (Fsp3) is 0.545. The van der Waals surface area contributed by atoms with Crippen molar-refractivity contribution in [2.24, 2.45) is 5.41 Å². The summed E-state index contributed by atoms with van der Waals surface area (Å²) in [6.07, 6.45) is -0.294. The molecule has 1 saturated heterocycles. The Morgan fingerprint density at radius 1 is 1.53 bits per heavy atom. The third kappa shape index (κ3) is 2.12. The van der Waals surface area contributed by atoms with Gasteiger partial charge in [-0.1, -0.05) is 6.07 Å². The summed E-state index contributed by atoms with van der Waals surface area (Å²) in [5.74, 6) is 0.118. The van der Waals surface area contributed by atoms with E-state index in [9.17, 15) is 4.79 Å². The number of Topliss-reactive ketones (excluding diaryl/α,β-unsaturated/α-hetero) is 1. The molecule has 0 atom stereocenters. The molecule has 0 bridgehead atoms. The lowest BCUT2D eigenvalue weighted by Gasteiger charge is -2.35. The Morgan fingerprint density at radius 2 is 2.20 bits per heavy atom. The highest BCUT2D eigenvalue weighted by Crippen LogP contribution is 2.33. The van der Waals surface area contributed by atoms with E-state index in [0.717, 1.165) is 4.88 Å². The van der Waals surface area contributed by atoms with E-state index in [4.69, 9.17) is 9.47 Å². The molecule has 0 unspecified atom stereocenters. The van der Waals surface area contributed by atoms with Crippen molar-refractivity contribution in [2.75, 3.05) is 13.2 Å². The molecule has 1 aliphatic heterocycles. The van der Waals surface area contributed by atoms with Crippen LogP contribution < -0.4 is 0 Å². The van der Waals surface area contributed by atoms with Gasteiger partial charge in [-0.05, 0) is 25.3 Å². The standard InChI is InChI=1S/C11H14O3S/c1-8(12)11(2)6-13-10(14-7-11)9-4-3-5-15-9/h3-5,10H,6-7H2,1-2H3. The van der Waals surface area contributed by atoms with E-state index >= 15 is 0 Å². The Hall–Kier alpha value is -0.710. The van der Waals surface area contributed by atoms with Gasteiger partial charge in [0.2, 0.25) is 0 Å². The van der Waals surface area contributed by atoms with Crippen LogP contribution in [0.15, 0.2) is 17.5 Å². The zero-order valence-electron chi connectivity index (χ0n) is 8.86. The van der Waals surface area contributed by atoms with Gasteiger partial charge in [0.1, 0.15) is 5.78 Å². The molecule has 0 spiro atoms. The summed E-state index contributed by atoms with van der Waals surface area (Å²) < 4.78 is 11.1. The monoisotopic (exact) mass is 226 g/mol. The van der Waals surface area contributed by atoms with Gasteiger partial charge in [-0.3, -0.25) is 4.79 Å². The van der Waals surface area contributed by atoms with Crippen LogP contribution in [0.5, 0.6) is 0 Å². The van der Waals surface area contributed by atoms with E-state index in [1.807, 2.05) is 24.4 Å². The largest absolute Gasteiger partial charge is 0.347 e. The number of carbonyl (C=O) groups is 1. The number of rotatable bonds is 2. The smallest absolute Gasteiger partial charge is 0.193 e. The highest BCUT2D eigenvalue weighted by Gasteiger charge is 2.37. The van der Waals surface area contributed by atoms with Crippen LogP contribution in [-0.4, -0.2) is 19.0 Å². The lowest BCUT2D eigenvalue weighted by atomic mass is 9.88. The van der Waals surface area contributed by atoms with Gasteiger partial charge in [-0.2, -0.15) is 0 Å². The minimum Gasteiger partial charge on any atom is -0.347 e. The molecule has 15 heavy (non-hydrogen) atoms. The van der Waals surface area contributed by atoms with Gasteiger partial charge in [-0.25, -0.2) is 0 Å². The molecule has 1 aliphatic rings. The SMILES string of the molecule is CC(=O)C1(C)COC(c2cccs2)OC1. The van der Waals surface area contributed by atoms with Crippen LogP contribution in [0.2, 0.25) is 0 Å². The van der Waals surface area contributed by atoms with Gasteiger partial charge < -0.3 is 9.47 Å². The molecular weight excluding hydrogens is 212 g/mol. The summed E-state index contributed by atoms with van der Waals surface area (Å²) in [5, 5.41) is 1.99. The molecule has 4 heteroatoms. The number of thiophene rings is 1. The molecule has 1 aromatic rings. The fourth-order valence-electron chi connectivity index (χ4n) is 1.40. The molecule has 3 nitrogen and oxygen atoms in total. The second-order valence-corrected chi connectivity index (χ2v) is 5.07. The van der Waals surface area contributed by atoms with E-state index in [1.165, 1.54) is 0 Å². The summed E-state index contributed by atoms with van der Waals surface area (Å²) in [4.78, 5) is 12.4. The first-order chi connectivity index (χ1) is 7.12. The Bertz CT molecular complexity index is 337. The molecule has 0 radical (unpaired) electrons. The van der Waals surface area contributed by atoms with Gasteiger partial charge >= 0.3 is 0 Å². The maximum Gasteiger partial charge on any atom is 0.193 e. The highest BCUT2D eigenvalue weighted by atomic mass is 32.1. The van der Waals surface area contributed by atoms with Gasteiger partial charge in [0.25, 0.3) is 0 Å². The first-order valence-corrected chi connectivity index (χ1v) is 5.77. The lowest BCUT2D eigenvalue weighted by molar-refractivity contribution is -0.225. The predicted octanol–water partition coefficient (Wildman–Crippen LogP) is 2.39. The lowest BCUT2D eigenvalue weighted by Crippen LogP contribution is -2.41. The average Bonchev–Trinajstić information content (AvgIpc) is 2.72. The van der Waals surface area contributed by atoms with E-state index in [1.54, 1.807) is 18.3 Å².